The smallest absolute Gasteiger partial charge is 0.274 e. The number of nitrogens with one attached hydrogen (secondary N) is 1. The predicted octanol–water partition coefficient (Wildman–Crippen LogP) is 4.83. The lowest BCUT2D eigenvalue weighted by Crippen LogP contribution is -2.44. The summed E-state index contributed by atoms with van der Waals surface area (Å²) < 4.78 is 18.8. The molecule has 0 bridgehead atoms. The van der Waals surface area contributed by atoms with Crippen LogP contribution in [0.25, 0.3) is 11.1 Å². The van der Waals surface area contributed by atoms with E-state index < -0.39 is 12.4 Å². The van der Waals surface area contributed by atoms with E-state index in [2.05, 4.69) is 40.5 Å². The molecule has 1 aliphatic carbocycles. The second-order valence-electron chi connectivity index (χ2n) is 13.4. The Hall–Kier alpha value is -4.28. The highest BCUT2D eigenvalue weighted by Gasteiger charge is 2.37. The van der Waals surface area contributed by atoms with Crippen molar-refractivity contribution in [2.24, 2.45) is 12.5 Å². The number of anilines is 3. The Labute approximate surface area is 261 Å². The van der Waals surface area contributed by atoms with Gasteiger partial charge in [-0.25, -0.2) is 9.37 Å². The fraction of sp³-hybridized carbons (Fsp3) is 0.400. The second kappa shape index (κ2) is 11.0. The molecule has 1 aromatic carbocycles. The topological polar surface area (TPSA) is 95.6 Å². The van der Waals surface area contributed by atoms with Crippen LogP contribution in [0, 0.1) is 11.2 Å². The first kappa shape index (κ1) is 29.4. The number of fused-ring (bicyclic) bond motifs is 3. The van der Waals surface area contributed by atoms with E-state index in [4.69, 9.17) is 0 Å². The van der Waals surface area contributed by atoms with Crippen LogP contribution in [0.4, 0.5) is 21.6 Å². The Morgan fingerprint density at radius 2 is 1.89 bits per heavy atom. The molecule has 2 N–H and O–H groups in total. The van der Waals surface area contributed by atoms with Crippen LogP contribution in [0.2, 0.25) is 0 Å². The molecule has 2 aliphatic heterocycles. The third kappa shape index (κ3) is 5.15. The molecule has 9 nitrogen and oxygen atoms in total. The number of carbonyl (C=O) groups excluding carboxylic acids is 1. The van der Waals surface area contributed by atoms with Gasteiger partial charge in [0.1, 0.15) is 23.0 Å². The Morgan fingerprint density at radius 3 is 2.60 bits per heavy atom. The Morgan fingerprint density at radius 1 is 1.09 bits per heavy atom. The highest BCUT2D eigenvalue weighted by Crippen LogP contribution is 2.41. The monoisotopic (exact) mass is 610 g/mol. The zero-order chi connectivity index (χ0) is 31.6. The van der Waals surface area contributed by atoms with Crippen molar-refractivity contribution in [3.05, 3.63) is 93.0 Å². The van der Waals surface area contributed by atoms with Gasteiger partial charge in [-0.2, -0.15) is 0 Å². The molecule has 10 heteroatoms. The summed E-state index contributed by atoms with van der Waals surface area (Å²) in [6.45, 7) is 10.3. The number of benzene rings is 1. The number of nitrogens with zero attached hydrogens (tertiary/aromatic N) is 5. The van der Waals surface area contributed by atoms with Crippen LogP contribution < -0.4 is 15.8 Å². The average molecular weight is 611 g/mol. The summed E-state index contributed by atoms with van der Waals surface area (Å²) in [5.74, 6) is 0.250. The number of likely N-dealkylation sites (tertiary alicyclic amines) is 1. The summed E-state index contributed by atoms with van der Waals surface area (Å²) in [5, 5.41) is 13.7. The van der Waals surface area contributed by atoms with Gasteiger partial charge in [-0.3, -0.25) is 9.59 Å². The molecule has 1 fully saturated rings. The molecule has 4 aromatic rings. The minimum absolute atomic E-state index is 0.171. The van der Waals surface area contributed by atoms with Gasteiger partial charge in [-0.15, -0.1) is 0 Å². The van der Waals surface area contributed by atoms with Crippen molar-refractivity contribution >= 4 is 23.1 Å². The van der Waals surface area contributed by atoms with Crippen LogP contribution in [0.3, 0.4) is 0 Å². The molecular weight excluding hydrogens is 571 g/mol. The maximum Gasteiger partial charge on any atom is 0.274 e. The van der Waals surface area contributed by atoms with Gasteiger partial charge in [-0.05, 0) is 71.8 Å². The van der Waals surface area contributed by atoms with E-state index >= 15 is 4.39 Å². The second-order valence-corrected chi connectivity index (χ2v) is 13.4. The lowest BCUT2D eigenvalue weighted by atomic mass is 9.90. The highest BCUT2D eigenvalue weighted by molar-refractivity contribution is 6.07. The quantitative estimate of drug-likeness (QED) is 0.312. The van der Waals surface area contributed by atoms with Gasteiger partial charge in [0.25, 0.3) is 11.5 Å². The predicted molar refractivity (Wildman–Crippen MR) is 173 cm³/mol. The molecule has 0 unspecified atom stereocenters. The van der Waals surface area contributed by atoms with Gasteiger partial charge in [0.05, 0.1) is 12.3 Å². The van der Waals surface area contributed by atoms with E-state index in [1.54, 1.807) is 24.2 Å². The van der Waals surface area contributed by atoms with Crippen LogP contribution >= 0.6 is 0 Å². The first-order valence-corrected chi connectivity index (χ1v) is 15.7. The van der Waals surface area contributed by atoms with Crippen LogP contribution in [-0.2, 0) is 33.0 Å². The number of aryl methyl sites for hydroxylation is 1. The summed E-state index contributed by atoms with van der Waals surface area (Å²) in [5.41, 5.74) is 6.06. The largest absolute Gasteiger partial charge is 0.392 e. The Balaban J connectivity index is 1.20. The number of amides is 1. The van der Waals surface area contributed by atoms with Gasteiger partial charge in [0.2, 0.25) is 0 Å². The zero-order valence-corrected chi connectivity index (χ0v) is 26.2. The van der Waals surface area contributed by atoms with Gasteiger partial charge in [0, 0.05) is 68.4 Å². The van der Waals surface area contributed by atoms with E-state index in [1.807, 2.05) is 24.4 Å². The summed E-state index contributed by atoms with van der Waals surface area (Å²) in [7, 11) is 1.63. The molecule has 0 atom stereocenters. The number of aliphatic hydroxyl groups excluding tert-OH is 1. The number of rotatable bonds is 7. The van der Waals surface area contributed by atoms with E-state index in [0.717, 1.165) is 32.5 Å². The van der Waals surface area contributed by atoms with E-state index in [0.29, 0.717) is 52.9 Å². The van der Waals surface area contributed by atoms with Crippen LogP contribution in [0.5, 0.6) is 0 Å². The standard InChI is InChI=1S/C35H39FN6O3/c1-5-40-18-24(19-40)21-6-7-32(37-16-21)38-28-10-23(17-39(4)33(28)44)26-12-25(36)13-29(27(26)20-43)42-9-8-41-30(34(42)45)11-22-14-35(2,3)15-31(22)41/h6-7,10-13,16-17,24,43H,5,8-9,14-15,18-20H2,1-4H3,(H,37,38). The molecule has 45 heavy (non-hydrogen) atoms. The molecule has 7 rings (SSSR count). The van der Waals surface area contributed by atoms with Crippen molar-refractivity contribution in [1.82, 2.24) is 19.0 Å². The highest BCUT2D eigenvalue weighted by atomic mass is 19.1. The molecule has 5 heterocycles. The molecular formula is C35H39FN6O3. The number of carbonyl (C=O) groups is 1. The number of likely N-dealkylation sites (N-methyl/N-ethyl adjacent to an activating group) is 1. The summed E-state index contributed by atoms with van der Waals surface area (Å²) in [6.07, 6.45) is 5.30. The molecule has 0 radical (unpaired) electrons. The number of halogens is 1. The van der Waals surface area contributed by atoms with Crippen LogP contribution in [-0.4, -0.2) is 56.2 Å². The molecule has 0 saturated carbocycles. The first-order valence-electron chi connectivity index (χ1n) is 15.7. The maximum absolute atomic E-state index is 15.3. The summed E-state index contributed by atoms with van der Waals surface area (Å²) in [6, 6.07) is 10.2. The molecule has 3 aliphatic rings. The number of pyridine rings is 2. The first-order chi connectivity index (χ1) is 21.5. The number of hydrogen-bond acceptors (Lipinski definition) is 6. The fourth-order valence-corrected chi connectivity index (χ4v) is 7.27. The van der Waals surface area contributed by atoms with Crippen molar-refractivity contribution in [1.29, 1.82) is 0 Å². The minimum atomic E-state index is -0.534. The summed E-state index contributed by atoms with van der Waals surface area (Å²) in [4.78, 5) is 35.5. The lowest BCUT2D eigenvalue weighted by molar-refractivity contribution is 0.0963. The average Bonchev–Trinajstić information content (AvgIpc) is 3.47. The lowest BCUT2D eigenvalue weighted by Gasteiger charge is -2.38. The van der Waals surface area contributed by atoms with Gasteiger partial charge in [0.15, 0.2) is 0 Å². The molecule has 0 spiro atoms. The van der Waals surface area contributed by atoms with Gasteiger partial charge >= 0.3 is 0 Å². The summed E-state index contributed by atoms with van der Waals surface area (Å²) >= 11 is 0. The Kier molecular flexibility index (Phi) is 7.17. The number of aliphatic hydroxyl groups is 1. The number of aromatic nitrogens is 3. The van der Waals surface area contributed by atoms with E-state index in [-0.39, 0.29) is 22.6 Å². The minimum Gasteiger partial charge on any atom is -0.392 e. The maximum atomic E-state index is 15.3. The van der Waals surface area contributed by atoms with E-state index in [1.165, 1.54) is 33.5 Å². The van der Waals surface area contributed by atoms with Crippen LogP contribution in [0.1, 0.15) is 59.6 Å². The van der Waals surface area contributed by atoms with Crippen molar-refractivity contribution < 1.29 is 14.3 Å². The van der Waals surface area contributed by atoms with Crippen LogP contribution in [0.15, 0.2) is 53.6 Å². The molecule has 3 aromatic heterocycles. The van der Waals surface area contributed by atoms with Gasteiger partial charge < -0.3 is 29.4 Å². The molecule has 234 valence electrons. The van der Waals surface area contributed by atoms with Crippen molar-refractivity contribution in [2.45, 2.75) is 52.7 Å². The van der Waals surface area contributed by atoms with Crippen molar-refractivity contribution in [3.63, 3.8) is 0 Å². The normalized spacial score (nSPS) is 17.7. The molecule has 1 amide bonds. The third-order valence-corrected chi connectivity index (χ3v) is 9.68. The fourth-order valence-electron chi connectivity index (χ4n) is 7.27. The van der Waals surface area contributed by atoms with Crippen molar-refractivity contribution in [2.75, 3.05) is 36.4 Å². The van der Waals surface area contributed by atoms with Crippen molar-refractivity contribution in [3.8, 4) is 11.1 Å². The zero-order valence-electron chi connectivity index (χ0n) is 26.2. The SMILES string of the molecule is CCN1CC(c2ccc(Nc3cc(-c4cc(F)cc(N5CCn6c(cc7c6CC(C)(C)C7)C5=O)c4CO)cn(C)c3=O)nc2)C1. The third-order valence-electron chi connectivity index (χ3n) is 9.68. The Bertz CT molecular complexity index is 1870. The van der Waals surface area contributed by atoms with Gasteiger partial charge in [-0.1, -0.05) is 26.8 Å². The number of hydrogen-bond donors (Lipinski definition) is 2. The van der Waals surface area contributed by atoms with E-state index in [9.17, 15) is 14.7 Å². The molecule has 1 saturated heterocycles.